The summed E-state index contributed by atoms with van der Waals surface area (Å²) >= 11 is 2.17. The molecule has 3 aromatic rings. The predicted molar refractivity (Wildman–Crippen MR) is 151 cm³/mol. The van der Waals surface area contributed by atoms with E-state index in [-0.39, 0.29) is 12.7 Å². The molecule has 2 N–H and O–H groups in total. The molecule has 1 heterocycles. The molecule has 0 radical (unpaired) electrons. The highest BCUT2D eigenvalue weighted by Gasteiger charge is 2.25. The molecule has 1 aliphatic heterocycles. The Labute approximate surface area is 234 Å². The van der Waals surface area contributed by atoms with Crippen molar-refractivity contribution in [3.63, 3.8) is 0 Å². The maximum absolute atomic E-state index is 12.9. The van der Waals surface area contributed by atoms with Crippen LogP contribution in [0.15, 0.2) is 65.8 Å². The summed E-state index contributed by atoms with van der Waals surface area (Å²) < 4.78 is 23.0. The molecule has 0 bridgehead atoms. The van der Waals surface area contributed by atoms with Crippen LogP contribution in [0, 0.1) is 9.49 Å². The van der Waals surface area contributed by atoms with Crippen molar-refractivity contribution in [1.82, 2.24) is 10.7 Å². The number of carbonyl (C=O) groups is 2. The second kappa shape index (κ2) is 12.6. The number of hydrogen-bond acceptors (Lipinski definition) is 7. The quantitative estimate of drug-likeness (QED) is 0.194. The van der Waals surface area contributed by atoms with E-state index in [4.69, 9.17) is 18.9 Å². The summed E-state index contributed by atoms with van der Waals surface area (Å²) in [4.78, 5) is 25.7. The van der Waals surface area contributed by atoms with Gasteiger partial charge in [0.2, 0.25) is 6.79 Å². The van der Waals surface area contributed by atoms with Crippen molar-refractivity contribution in [2.24, 2.45) is 11.0 Å². The Morgan fingerprint density at radius 3 is 2.58 bits per heavy atom. The minimum absolute atomic E-state index is 0.115. The number of carbonyl (C=O) groups excluding carboxylic acids is 2. The molecule has 198 valence electrons. The SMILES string of the molecule is COc1cc(/C=N/NC(=O)C(NC(=O)c2ccc3c(c2)OCO3)C(C)C)cc(I)c1OCc1ccccc1. The first-order valence-electron chi connectivity index (χ1n) is 11.9. The van der Waals surface area contributed by atoms with Crippen LogP contribution in [0.1, 0.15) is 35.3 Å². The molecule has 10 heteroatoms. The van der Waals surface area contributed by atoms with E-state index < -0.39 is 17.9 Å². The molecule has 0 saturated carbocycles. The van der Waals surface area contributed by atoms with Gasteiger partial charge < -0.3 is 24.3 Å². The van der Waals surface area contributed by atoms with Crippen molar-refractivity contribution >= 4 is 40.6 Å². The highest BCUT2D eigenvalue weighted by molar-refractivity contribution is 14.1. The maximum atomic E-state index is 12.9. The average molecular weight is 629 g/mol. The molecule has 2 amide bonds. The molecule has 38 heavy (non-hydrogen) atoms. The summed E-state index contributed by atoms with van der Waals surface area (Å²) in [6.07, 6.45) is 1.51. The lowest BCUT2D eigenvalue weighted by Gasteiger charge is -2.20. The van der Waals surface area contributed by atoms with E-state index in [0.29, 0.717) is 40.7 Å². The molecule has 1 atom stereocenters. The van der Waals surface area contributed by atoms with Crippen LogP contribution in [0.4, 0.5) is 0 Å². The van der Waals surface area contributed by atoms with Crippen LogP contribution in [-0.2, 0) is 11.4 Å². The first-order chi connectivity index (χ1) is 18.4. The van der Waals surface area contributed by atoms with Gasteiger partial charge in [0.25, 0.3) is 11.8 Å². The van der Waals surface area contributed by atoms with Crippen LogP contribution < -0.4 is 29.7 Å². The Morgan fingerprint density at radius 2 is 1.84 bits per heavy atom. The van der Waals surface area contributed by atoms with Gasteiger partial charge in [0.1, 0.15) is 12.6 Å². The largest absolute Gasteiger partial charge is 0.493 e. The van der Waals surface area contributed by atoms with Crippen molar-refractivity contribution in [1.29, 1.82) is 0 Å². The number of amides is 2. The monoisotopic (exact) mass is 629 g/mol. The van der Waals surface area contributed by atoms with Crippen LogP contribution in [0.3, 0.4) is 0 Å². The first-order valence-corrected chi connectivity index (χ1v) is 13.0. The number of nitrogens with one attached hydrogen (secondary N) is 2. The van der Waals surface area contributed by atoms with Gasteiger partial charge in [-0.05, 0) is 70.0 Å². The Balaban J connectivity index is 1.39. The number of methoxy groups -OCH3 is 1. The third kappa shape index (κ3) is 6.74. The van der Waals surface area contributed by atoms with Gasteiger partial charge >= 0.3 is 0 Å². The number of fused-ring (bicyclic) bond motifs is 1. The normalized spacial score (nSPS) is 12.9. The fraction of sp³-hybridized carbons (Fsp3) is 0.250. The molecule has 9 nitrogen and oxygen atoms in total. The Bertz CT molecular complexity index is 1330. The number of nitrogens with zero attached hydrogens (tertiary/aromatic N) is 1. The van der Waals surface area contributed by atoms with E-state index in [9.17, 15) is 9.59 Å². The second-order valence-corrected chi connectivity index (χ2v) is 9.97. The summed E-state index contributed by atoms with van der Waals surface area (Å²) in [5, 5.41) is 6.88. The van der Waals surface area contributed by atoms with Gasteiger partial charge in [-0.3, -0.25) is 9.59 Å². The maximum Gasteiger partial charge on any atom is 0.262 e. The van der Waals surface area contributed by atoms with Gasteiger partial charge in [-0.2, -0.15) is 5.10 Å². The fourth-order valence-corrected chi connectivity index (χ4v) is 4.50. The third-order valence-corrected chi connectivity index (χ3v) is 6.54. The molecule has 0 aromatic heterocycles. The lowest BCUT2D eigenvalue weighted by atomic mass is 10.0. The van der Waals surface area contributed by atoms with E-state index in [1.54, 1.807) is 31.4 Å². The molecule has 1 aliphatic rings. The summed E-state index contributed by atoms with van der Waals surface area (Å²) in [5.41, 5.74) is 4.65. The molecular formula is C28H28IN3O6. The number of hydrogen-bond donors (Lipinski definition) is 2. The van der Waals surface area contributed by atoms with E-state index in [0.717, 1.165) is 9.13 Å². The van der Waals surface area contributed by atoms with Crippen molar-refractivity contribution < 1.29 is 28.5 Å². The van der Waals surface area contributed by atoms with Crippen LogP contribution in [-0.4, -0.2) is 38.0 Å². The van der Waals surface area contributed by atoms with Crippen molar-refractivity contribution in [3.05, 3.63) is 80.9 Å². The zero-order chi connectivity index (χ0) is 27.1. The van der Waals surface area contributed by atoms with E-state index in [2.05, 4.69) is 38.4 Å². The average Bonchev–Trinajstić information content (AvgIpc) is 3.39. The zero-order valence-corrected chi connectivity index (χ0v) is 23.4. The topological polar surface area (TPSA) is 107 Å². The first kappa shape index (κ1) is 27.2. The van der Waals surface area contributed by atoms with Crippen LogP contribution in [0.25, 0.3) is 0 Å². The van der Waals surface area contributed by atoms with Crippen molar-refractivity contribution in [2.75, 3.05) is 13.9 Å². The van der Waals surface area contributed by atoms with Crippen LogP contribution in [0.5, 0.6) is 23.0 Å². The van der Waals surface area contributed by atoms with Gasteiger partial charge in [-0.15, -0.1) is 0 Å². The number of benzene rings is 3. The number of halogens is 1. The Morgan fingerprint density at radius 1 is 1.08 bits per heavy atom. The molecule has 0 spiro atoms. The van der Waals surface area contributed by atoms with E-state index in [1.807, 2.05) is 50.2 Å². The molecule has 0 aliphatic carbocycles. The minimum atomic E-state index is -0.798. The fourth-order valence-electron chi connectivity index (χ4n) is 3.72. The summed E-state index contributed by atoms with van der Waals surface area (Å²) in [5.74, 6) is 1.25. The van der Waals surface area contributed by atoms with E-state index >= 15 is 0 Å². The Hall–Kier alpha value is -3.80. The van der Waals surface area contributed by atoms with E-state index in [1.165, 1.54) is 6.21 Å². The predicted octanol–water partition coefficient (Wildman–Crippen LogP) is 4.51. The smallest absolute Gasteiger partial charge is 0.262 e. The van der Waals surface area contributed by atoms with Gasteiger partial charge in [-0.1, -0.05) is 44.2 Å². The summed E-state index contributed by atoms with van der Waals surface area (Å²) in [6.45, 7) is 4.21. The van der Waals surface area contributed by atoms with Crippen molar-refractivity contribution in [3.8, 4) is 23.0 Å². The third-order valence-electron chi connectivity index (χ3n) is 5.74. The van der Waals surface area contributed by atoms with Crippen LogP contribution in [0.2, 0.25) is 0 Å². The lowest BCUT2D eigenvalue weighted by Crippen LogP contribution is -2.48. The van der Waals surface area contributed by atoms with Gasteiger partial charge in [0.15, 0.2) is 23.0 Å². The number of ether oxygens (including phenoxy) is 4. The molecule has 4 rings (SSSR count). The number of rotatable bonds is 10. The lowest BCUT2D eigenvalue weighted by molar-refractivity contribution is -0.123. The zero-order valence-electron chi connectivity index (χ0n) is 21.2. The van der Waals surface area contributed by atoms with Gasteiger partial charge in [0.05, 0.1) is 16.9 Å². The molecule has 3 aromatic carbocycles. The Kier molecular flexibility index (Phi) is 9.06. The molecule has 1 unspecified atom stereocenters. The molecule has 0 fully saturated rings. The highest BCUT2D eigenvalue weighted by Crippen LogP contribution is 2.34. The number of hydrazone groups is 1. The second-order valence-electron chi connectivity index (χ2n) is 8.81. The summed E-state index contributed by atoms with van der Waals surface area (Å²) in [7, 11) is 1.57. The highest BCUT2D eigenvalue weighted by atomic mass is 127. The summed E-state index contributed by atoms with van der Waals surface area (Å²) in [6, 6.07) is 17.6. The standard InChI is InChI=1S/C28H28IN3O6/c1-17(2)25(31-27(33)20-9-10-22-23(13-20)38-16-37-22)28(34)32-30-14-19-11-21(29)26(24(12-19)35-3)36-15-18-7-5-4-6-8-18/h4-14,17,25H,15-16H2,1-3H3,(H,31,33)(H,32,34)/b30-14+. The van der Waals surface area contributed by atoms with Gasteiger partial charge in [0, 0.05) is 5.56 Å². The van der Waals surface area contributed by atoms with Crippen LogP contribution >= 0.6 is 22.6 Å². The van der Waals surface area contributed by atoms with Crippen molar-refractivity contribution in [2.45, 2.75) is 26.5 Å². The molecular weight excluding hydrogens is 601 g/mol. The minimum Gasteiger partial charge on any atom is -0.493 e. The molecule has 0 saturated heterocycles. The van der Waals surface area contributed by atoms with Gasteiger partial charge in [-0.25, -0.2) is 5.43 Å².